The van der Waals surface area contributed by atoms with Crippen LogP contribution in [-0.2, 0) is 13.2 Å². The Morgan fingerprint density at radius 3 is 2.77 bits per heavy atom. The minimum atomic E-state index is -4.44. The Labute approximate surface area is 125 Å². The first-order valence-corrected chi connectivity index (χ1v) is 6.40. The lowest BCUT2D eigenvalue weighted by Crippen LogP contribution is -2.09. The standard InChI is InChI=1S/C14H15F3N4O/c1-20(6-7-22)5-3-4-12-19-11-8-10(14(15,16)17)9-18-13(11)21(12)2/h3-4,6-9,22H,5H2,1-2H3/b4-3+,7-6+. The van der Waals surface area contributed by atoms with E-state index in [0.29, 0.717) is 18.0 Å². The number of aromatic nitrogens is 3. The van der Waals surface area contributed by atoms with Crippen molar-refractivity contribution in [3.63, 3.8) is 0 Å². The van der Waals surface area contributed by atoms with Crippen LogP contribution in [0, 0.1) is 0 Å². The predicted octanol–water partition coefficient (Wildman–Crippen LogP) is 2.96. The molecule has 0 spiro atoms. The number of hydrogen-bond acceptors (Lipinski definition) is 4. The highest BCUT2D eigenvalue weighted by Gasteiger charge is 2.31. The number of likely N-dealkylation sites (N-methyl/N-ethyl adjacent to an activating group) is 1. The quantitative estimate of drug-likeness (QED) is 0.882. The van der Waals surface area contributed by atoms with Gasteiger partial charge < -0.3 is 14.6 Å². The van der Waals surface area contributed by atoms with Gasteiger partial charge in [0.05, 0.1) is 11.8 Å². The largest absolute Gasteiger partial charge is 0.514 e. The molecule has 5 nitrogen and oxygen atoms in total. The van der Waals surface area contributed by atoms with Gasteiger partial charge in [-0.1, -0.05) is 6.08 Å². The molecule has 1 N–H and O–H groups in total. The second-order valence-corrected chi connectivity index (χ2v) is 4.73. The molecule has 118 valence electrons. The van der Waals surface area contributed by atoms with Crippen LogP contribution < -0.4 is 0 Å². The fourth-order valence-electron chi connectivity index (χ4n) is 1.90. The highest BCUT2D eigenvalue weighted by molar-refractivity contribution is 5.74. The molecule has 0 aliphatic rings. The number of imidazole rings is 1. The third kappa shape index (κ3) is 3.38. The van der Waals surface area contributed by atoms with Crippen molar-refractivity contribution in [3.8, 4) is 0 Å². The van der Waals surface area contributed by atoms with Gasteiger partial charge in [-0.25, -0.2) is 9.97 Å². The molecule has 0 atom stereocenters. The Balaban J connectivity index is 2.28. The maximum atomic E-state index is 12.7. The molecule has 0 saturated heterocycles. The molecule has 8 heteroatoms. The minimum Gasteiger partial charge on any atom is -0.514 e. The summed E-state index contributed by atoms with van der Waals surface area (Å²) in [7, 11) is 3.45. The number of aryl methyl sites for hydroxylation is 1. The summed E-state index contributed by atoms with van der Waals surface area (Å²) in [4.78, 5) is 9.71. The summed E-state index contributed by atoms with van der Waals surface area (Å²) in [5.41, 5.74) is -0.238. The number of halogens is 3. The van der Waals surface area contributed by atoms with Crippen LogP contribution >= 0.6 is 0 Å². The summed E-state index contributed by atoms with van der Waals surface area (Å²) in [6.45, 7) is 0.515. The van der Waals surface area contributed by atoms with Gasteiger partial charge in [0.15, 0.2) is 5.65 Å². The van der Waals surface area contributed by atoms with Crippen LogP contribution in [0.2, 0.25) is 0 Å². The van der Waals surface area contributed by atoms with E-state index in [4.69, 9.17) is 5.11 Å². The topological polar surface area (TPSA) is 54.2 Å². The molecular formula is C14H15F3N4O. The summed E-state index contributed by atoms with van der Waals surface area (Å²) in [5, 5.41) is 8.62. The fourth-order valence-corrected chi connectivity index (χ4v) is 1.90. The zero-order valence-corrected chi connectivity index (χ0v) is 12.0. The monoisotopic (exact) mass is 312 g/mol. The lowest BCUT2D eigenvalue weighted by molar-refractivity contribution is -0.137. The molecule has 22 heavy (non-hydrogen) atoms. The average molecular weight is 312 g/mol. The normalized spacial score (nSPS) is 12.8. The molecule has 2 aromatic rings. The maximum Gasteiger partial charge on any atom is 0.417 e. The zero-order valence-electron chi connectivity index (χ0n) is 12.0. The molecule has 0 bridgehead atoms. The molecule has 0 saturated carbocycles. The number of aliphatic hydroxyl groups excluding tert-OH is 1. The Bertz CT molecular complexity index is 719. The number of hydrogen-bond donors (Lipinski definition) is 1. The summed E-state index contributed by atoms with van der Waals surface area (Å²) >= 11 is 0. The van der Waals surface area contributed by atoms with Crippen molar-refractivity contribution in [2.75, 3.05) is 13.6 Å². The van der Waals surface area contributed by atoms with Crippen molar-refractivity contribution in [1.29, 1.82) is 0 Å². The van der Waals surface area contributed by atoms with E-state index in [1.807, 2.05) is 0 Å². The molecule has 0 aliphatic carbocycles. The van der Waals surface area contributed by atoms with Gasteiger partial charge in [0.25, 0.3) is 0 Å². The molecule has 2 heterocycles. The summed E-state index contributed by atoms with van der Waals surface area (Å²) in [6.07, 6.45) is 2.25. The molecule has 2 aromatic heterocycles. The fraction of sp³-hybridized carbons (Fsp3) is 0.286. The number of alkyl halides is 3. The molecule has 0 radical (unpaired) electrons. The van der Waals surface area contributed by atoms with E-state index in [2.05, 4.69) is 9.97 Å². The van der Waals surface area contributed by atoms with Gasteiger partial charge in [-0.15, -0.1) is 0 Å². The molecule has 0 unspecified atom stereocenters. The Morgan fingerprint density at radius 2 is 2.14 bits per heavy atom. The highest BCUT2D eigenvalue weighted by Crippen LogP contribution is 2.30. The van der Waals surface area contributed by atoms with E-state index < -0.39 is 11.7 Å². The van der Waals surface area contributed by atoms with Crippen LogP contribution in [0.1, 0.15) is 11.4 Å². The van der Waals surface area contributed by atoms with Gasteiger partial charge in [-0.2, -0.15) is 13.2 Å². The average Bonchev–Trinajstić information content (AvgIpc) is 2.74. The van der Waals surface area contributed by atoms with Gasteiger partial charge in [0.2, 0.25) is 0 Å². The van der Waals surface area contributed by atoms with Gasteiger partial charge in [0, 0.05) is 33.0 Å². The maximum absolute atomic E-state index is 12.7. The second kappa shape index (κ2) is 6.08. The molecule has 0 aliphatic heterocycles. The van der Waals surface area contributed by atoms with Crippen molar-refractivity contribution in [3.05, 3.63) is 42.2 Å². The summed E-state index contributed by atoms with van der Waals surface area (Å²) in [5.74, 6) is 0.503. The Hall–Kier alpha value is -2.51. The summed E-state index contributed by atoms with van der Waals surface area (Å²) in [6, 6.07) is 0.986. The number of fused-ring (bicyclic) bond motifs is 1. The highest BCUT2D eigenvalue weighted by atomic mass is 19.4. The number of rotatable bonds is 4. The number of pyridine rings is 1. The van der Waals surface area contributed by atoms with Crippen molar-refractivity contribution < 1.29 is 18.3 Å². The predicted molar refractivity (Wildman–Crippen MR) is 76.9 cm³/mol. The Morgan fingerprint density at radius 1 is 1.41 bits per heavy atom. The smallest absolute Gasteiger partial charge is 0.417 e. The molecule has 0 amide bonds. The zero-order chi connectivity index (χ0) is 16.3. The Kier molecular flexibility index (Phi) is 4.39. The van der Waals surface area contributed by atoms with Gasteiger partial charge in [-0.3, -0.25) is 0 Å². The van der Waals surface area contributed by atoms with Crippen molar-refractivity contribution >= 4 is 17.2 Å². The van der Waals surface area contributed by atoms with Gasteiger partial charge >= 0.3 is 6.18 Å². The molecule has 0 aromatic carbocycles. The van der Waals surface area contributed by atoms with Crippen molar-refractivity contribution in [2.24, 2.45) is 7.05 Å². The molecular weight excluding hydrogens is 297 g/mol. The van der Waals surface area contributed by atoms with Gasteiger partial charge in [-0.05, 0) is 12.1 Å². The first-order valence-electron chi connectivity index (χ1n) is 6.40. The third-order valence-corrected chi connectivity index (χ3v) is 3.05. The minimum absolute atomic E-state index is 0.195. The lowest BCUT2D eigenvalue weighted by atomic mass is 10.2. The first kappa shape index (κ1) is 15.9. The van der Waals surface area contributed by atoms with E-state index in [0.717, 1.165) is 18.5 Å². The first-order chi connectivity index (χ1) is 10.3. The molecule has 0 fully saturated rings. The van der Waals surface area contributed by atoms with Crippen LogP contribution in [-0.4, -0.2) is 38.1 Å². The van der Waals surface area contributed by atoms with Crippen molar-refractivity contribution in [2.45, 2.75) is 6.18 Å². The van der Waals surface area contributed by atoms with E-state index in [9.17, 15) is 13.2 Å². The lowest BCUT2D eigenvalue weighted by Gasteiger charge is -2.08. The van der Waals surface area contributed by atoms with Crippen LogP contribution in [0.4, 0.5) is 13.2 Å². The van der Waals surface area contributed by atoms with E-state index in [1.165, 1.54) is 6.20 Å². The second-order valence-electron chi connectivity index (χ2n) is 4.73. The summed E-state index contributed by atoms with van der Waals surface area (Å²) < 4.78 is 39.6. The van der Waals surface area contributed by atoms with E-state index in [1.54, 1.807) is 35.7 Å². The third-order valence-electron chi connectivity index (χ3n) is 3.05. The van der Waals surface area contributed by atoms with Crippen LogP contribution in [0.15, 0.2) is 30.8 Å². The van der Waals surface area contributed by atoms with Gasteiger partial charge in [0.1, 0.15) is 11.3 Å². The molecule has 2 rings (SSSR count). The SMILES string of the molecule is CN(/C=C/O)C/C=C/c1nc2cc(C(F)(F)F)cnc2n1C. The van der Waals surface area contributed by atoms with E-state index >= 15 is 0 Å². The van der Waals surface area contributed by atoms with Crippen LogP contribution in [0.5, 0.6) is 0 Å². The number of nitrogens with zero attached hydrogens (tertiary/aromatic N) is 4. The van der Waals surface area contributed by atoms with Crippen LogP contribution in [0.3, 0.4) is 0 Å². The van der Waals surface area contributed by atoms with Crippen molar-refractivity contribution in [1.82, 2.24) is 19.4 Å². The van der Waals surface area contributed by atoms with Crippen LogP contribution in [0.25, 0.3) is 17.2 Å². The van der Waals surface area contributed by atoms with E-state index in [-0.39, 0.29) is 5.52 Å². The number of aliphatic hydroxyl groups is 1.